The molecule has 3 heterocycles. The second-order valence-electron chi connectivity index (χ2n) is 5.94. The number of nitrogens with zero attached hydrogens (tertiary/aromatic N) is 5. The average molecular weight is 325 g/mol. The zero-order valence-electron chi connectivity index (χ0n) is 13.8. The van der Waals surface area contributed by atoms with E-state index in [1.54, 1.807) is 7.11 Å². The summed E-state index contributed by atoms with van der Waals surface area (Å²) in [5, 5.41) is 8.33. The molecule has 1 aliphatic rings. The number of imidazole rings is 1. The molecule has 1 aliphatic heterocycles. The third-order valence-corrected chi connectivity index (χ3v) is 4.35. The fourth-order valence-electron chi connectivity index (χ4n) is 3.01. The van der Waals surface area contributed by atoms with Gasteiger partial charge in [-0.15, -0.1) is 10.2 Å². The summed E-state index contributed by atoms with van der Waals surface area (Å²) in [6.45, 7) is 2.42. The van der Waals surface area contributed by atoms with Crippen LogP contribution in [0.1, 0.15) is 17.3 Å². The molecule has 124 valence electrons. The summed E-state index contributed by atoms with van der Waals surface area (Å²) in [5.74, 6) is 1.96. The Bertz CT molecular complexity index is 837. The number of fused-ring (bicyclic) bond motifs is 1. The Kier molecular flexibility index (Phi) is 3.78. The largest absolute Gasteiger partial charge is 0.497 e. The lowest BCUT2D eigenvalue weighted by Gasteiger charge is -2.25. The molecule has 7 heteroatoms. The van der Waals surface area contributed by atoms with E-state index in [4.69, 9.17) is 9.15 Å². The zero-order chi connectivity index (χ0) is 16.5. The normalized spacial score (nSPS) is 14.6. The molecule has 2 aromatic heterocycles. The maximum atomic E-state index is 5.81. The van der Waals surface area contributed by atoms with Gasteiger partial charge in [0.2, 0.25) is 11.8 Å². The quantitative estimate of drug-likeness (QED) is 0.731. The van der Waals surface area contributed by atoms with Crippen LogP contribution in [-0.4, -0.2) is 38.3 Å². The summed E-state index contributed by atoms with van der Waals surface area (Å²) in [4.78, 5) is 6.74. The molecule has 0 N–H and O–H groups in total. The minimum atomic E-state index is 0.531. The molecular formula is C17H19N5O2. The second-order valence-corrected chi connectivity index (χ2v) is 5.94. The molecule has 0 amide bonds. The molecule has 0 radical (unpaired) electrons. The summed E-state index contributed by atoms with van der Waals surface area (Å²) in [6.07, 6.45) is 2.87. The first-order chi connectivity index (χ1) is 11.7. The van der Waals surface area contributed by atoms with Crippen LogP contribution in [0, 0.1) is 0 Å². The Morgan fingerprint density at radius 2 is 2.04 bits per heavy atom. The highest BCUT2D eigenvalue weighted by atomic mass is 16.5. The first-order valence-corrected chi connectivity index (χ1v) is 7.91. The van der Waals surface area contributed by atoms with Crippen LogP contribution in [0.5, 0.6) is 5.75 Å². The maximum Gasteiger partial charge on any atom is 0.247 e. The third-order valence-electron chi connectivity index (χ3n) is 4.35. The first-order valence-electron chi connectivity index (χ1n) is 7.91. The molecule has 3 aromatic rings. The van der Waals surface area contributed by atoms with Crippen LogP contribution in [0.4, 0.5) is 0 Å². The van der Waals surface area contributed by atoms with Gasteiger partial charge in [0.25, 0.3) is 0 Å². The predicted molar refractivity (Wildman–Crippen MR) is 87.3 cm³/mol. The van der Waals surface area contributed by atoms with Crippen molar-refractivity contribution in [2.75, 3.05) is 13.7 Å². The van der Waals surface area contributed by atoms with E-state index in [0.29, 0.717) is 18.3 Å². The van der Waals surface area contributed by atoms with Crippen molar-refractivity contribution in [2.45, 2.75) is 19.5 Å². The number of methoxy groups -OCH3 is 1. The van der Waals surface area contributed by atoms with Gasteiger partial charge < -0.3 is 13.7 Å². The standard InChI is InChI=1S/C17H19N5O2/c1-21-11-18-14-9-22(8-7-15(14)21)10-16-19-20-17(24-16)12-3-5-13(23-2)6-4-12/h3-6,11H,7-10H2,1-2H3. The SMILES string of the molecule is COc1ccc(-c2nnc(CN3CCc4c(ncn4C)C3)o2)cc1. The molecular weight excluding hydrogens is 306 g/mol. The van der Waals surface area contributed by atoms with E-state index in [9.17, 15) is 0 Å². The van der Waals surface area contributed by atoms with E-state index in [0.717, 1.165) is 36.5 Å². The van der Waals surface area contributed by atoms with Gasteiger partial charge in [-0.25, -0.2) is 4.98 Å². The van der Waals surface area contributed by atoms with Crippen molar-refractivity contribution in [1.29, 1.82) is 0 Å². The van der Waals surface area contributed by atoms with Gasteiger partial charge in [0.05, 0.1) is 25.7 Å². The van der Waals surface area contributed by atoms with Crippen molar-refractivity contribution >= 4 is 0 Å². The van der Waals surface area contributed by atoms with E-state index < -0.39 is 0 Å². The second kappa shape index (κ2) is 6.09. The van der Waals surface area contributed by atoms with Crippen LogP contribution in [0.3, 0.4) is 0 Å². The topological polar surface area (TPSA) is 69.2 Å². The molecule has 0 atom stereocenters. The Labute approximate surface area is 139 Å². The summed E-state index contributed by atoms with van der Waals surface area (Å²) >= 11 is 0. The number of aryl methyl sites for hydroxylation is 1. The van der Waals surface area contributed by atoms with Crippen molar-refractivity contribution in [3.05, 3.63) is 47.9 Å². The average Bonchev–Trinajstić information content (AvgIpc) is 3.22. The van der Waals surface area contributed by atoms with Gasteiger partial charge in [0.1, 0.15) is 5.75 Å². The van der Waals surface area contributed by atoms with Gasteiger partial charge in [-0.2, -0.15) is 0 Å². The van der Waals surface area contributed by atoms with Crippen molar-refractivity contribution in [3.63, 3.8) is 0 Å². The smallest absolute Gasteiger partial charge is 0.247 e. The summed E-state index contributed by atoms with van der Waals surface area (Å²) in [7, 11) is 3.69. The number of rotatable bonds is 4. The molecule has 0 spiro atoms. The fourth-order valence-corrected chi connectivity index (χ4v) is 3.01. The fraction of sp³-hybridized carbons (Fsp3) is 0.353. The van der Waals surface area contributed by atoms with E-state index in [1.807, 2.05) is 37.6 Å². The first kappa shape index (κ1) is 14.9. The van der Waals surface area contributed by atoms with E-state index in [1.165, 1.54) is 5.69 Å². The highest BCUT2D eigenvalue weighted by Gasteiger charge is 2.21. The van der Waals surface area contributed by atoms with Gasteiger partial charge in [-0.05, 0) is 24.3 Å². The van der Waals surface area contributed by atoms with Crippen LogP contribution in [0.25, 0.3) is 11.5 Å². The lowest BCUT2D eigenvalue weighted by atomic mass is 10.1. The summed E-state index contributed by atoms with van der Waals surface area (Å²) in [6, 6.07) is 7.59. The van der Waals surface area contributed by atoms with Crippen molar-refractivity contribution in [3.8, 4) is 17.2 Å². The molecule has 1 aromatic carbocycles. The van der Waals surface area contributed by atoms with Crippen LogP contribution in [-0.2, 0) is 26.6 Å². The molecule has 0 bridgehead atoms. The van der Waals surface area contributed by atoms with Crippen LogP contribution in [0.2, 0.25) is 0 Å². The highest BCUT2D eigenvalue weighted by Crippen LogP contribution is 2.23. The van der Waals surface area contributed by atoms with Gasteiger partial charge >= 0.3 is 0 Å². The van der Waals surface area contributed by atoms with Gasteiger partial charge in [0.15, 0.2) is 0 Å². The Balaban J connectivity index is 1.45. The Morgan fingerprint density at radius 3 is 2.83 bits per heavy atom. The third kappa shape index (κ3) is 2.78. The molecule has 0 saturated heterocycles. The van der Waals surface area contributed by atoms with Crippen molar-refractivity contribution < 1.29 is 9.15 Å². The molecule has 0 aliphatic carbocycles. The maximum absolute atomic E-state index is 5.81. The molecule has 0 fully saturated rings. The predicted octanol–water partition coefficient (Wildman–Crippen LogP) is 2.04. The van der Waals surface area contributed by atoms with Gasteiger partial charge in [-0.3, -0.25) is 4.90 Å². The monoisotopic (exact) mass is 325 g/mol. The van der Waals surface area contributed by atoms with Gasteiger partial charge in [-0.1, -0.05) is 0 Å². The number of benzene rings is 1. The van der Waals surface area contributed by atoms with Crippen LogP contribution < -0.4 is 4.74 Å². The van der Waals surface area contributed by atoms with Crippen LogP contribution in [0.15, 0.2) is 35.0 Å². The Morgan fingerprint density at radius 1 is 1.21 bits per heavy atom. The molecule has 4 rings (SSSR count). The van der Waals surface area contributed by atoms with Crippen LogP contribution >= 0.6 is 0 Å². The molecule has 7 nitrogen and oxygen atoms in total. The van der Waals surface area contributed by atoms with Gasteiger partial charge in [0, 0.05) is 37.8 Å². The number of hydrogen-bond acceptors (Lipinski definition) is 6. The highest BCUT2D eigenvalue weighted by molar-refractivity contribution is 5.53. The molecule has 0 saturated carbocycles. The molecule has 0 unspecified atom stereocenters. The number of ether oxygens (including phenoxy) is 1. The minimum Gasteiger partial charge on any atom is -0.497 e. The Hall–Kier alpha value is -2.67. The van der Waals surface area contributed by atoms with E-state index >= 15 is 0 Å². The summed E-state index contributed by atoms with van der Waals surface area (Å²) in [5.41, 5.74) is 3.34. The van der Waals surface area contributed by atoms with Crippen molar-refractivity contribution in [1.82, 2.24) is 24.6 Å². The summed E-state index contributed by atoms with van der Waals surface area (Å²) < 4.78 is 13.1. The van der Waals surface area contributed by atoms with E-state index in [2.05, 4.69) is 24.6 Å². The lowest BCUT2D eigenvalue weighted by Crippen LogP contribution is -2.30. The number of hydrogen-bond donors (Lipinski definition) is 0. The van der Waals surface area contributed by atoms with Crippen molar-refractivity contribution in [2.24, 2.45) is 7.05 Å². The number of aromatic nitrogens is 4. The minimum absolute atomic E-state index is 0.531. The zero-order valence-corrected chi connectivity index (χ0v) is 13.8. The van der Waals surface area contributed by atoms with E-state index in [-0.39, 0.29) is 0 Å². The molecule has 24 heavy (non-hydrogen) atoms. The lowest BCUT2D eigenvalue weighted by molar-refractivity contribution is 0.217.